The number of benzene rings is 1. The number of amides is 2. The van der Waals surface area contributed by atoms with Crippen LogP contribution in [-0.4, -0.2) is 59.1 Å². The second-order valence-electron chi connectivity index (χ2n) is 5.67. The molecule has 0 N–H and O–H groups in total. The Bertz CT molecular complexity index is 859. The summed E-state index contributed by atoms with van der Waals surface area (Å²) in [4.78, 5) is 52.1. The smallest absolute Gasteiger partial charge is 0.378 e. The van der Waals surface area contributed by atoms with Crippen molar-refractivity contribution in [3.05, 3.63) is 53.3 Å². The molecule has 1 saturated heterocycles. The normalized spacial score (nSPS) is 16.6. The van der Waals surface area contributed by atoms with E-state index in [0.717, 1.165) is 0 Å². The summed E-state index contributed by atoms with van der Waals surface area (Å²) in [6.45, 7) is 2.31. The molecule has 0 bridgehead atoms. The molecule has 9 heteroatoms. The Labute approximate surface area is 148 Å². The van der Waals surface area contributed by atoms with Crippen molar-refractivity contribution in [1.29, 1.82) is 0 Å². The molecule has 9 nitrogen and oxygen atoms in total. The summed E-state index contributed by atoms with van der Waals surface area (Å²) < 4.78 is 5.27. The summed E-state index contributed by atoms with van der Waals surface area (Å²) in [7, 11) is 0. The molecule has 1 aromatic heterocycles. The SMILES string of the molecule is O=C(ON1C(=O)c2ccccc2C1=O)c1ccnc(N2CCOCC2)n1. The van der Waals surface area contributed by atoms with Gasteiger partial charge in [0.25, 0.3) is 11.8 Å². The van der Waals surface area contributed by atoms with E-state index in [1.54, 1.807) is 12.1 Å². The highest BCUT2D eigenvalue weighted by atomic mass is 16.7. The standard InChI is InChI=1S/C17H14N4O5/c22-14-11-3-1-2-4-12(11)15(23)21(14)26-16(24)13-5-6-18-17(19-13)20-7-9-25-10-8-20/h1-6H,7-10H2. The van der Waals surface area contributed by atoms with Gasteiger partial charge in [-0.3, -0.25) is 9.59 Å². The molecule has 0 radical (unpaired) electrons. The summed E-state index contributed by atoms with van der Waals surface area (Å²) in [5, 5.41) is 0.462. The van der Waals surface area contributed by atoms with Gasteiger partial charge in [-0.1, -0.05) is 17.2 Å². The largest absolute Gasteiger partial charge is 0.382 e. The van der Waals surface area contributed by atoms with E-state index in [0.29, 0.717) is 37.3 Å². The highest BCUT2D eigenvalue weighted by Gasteiger charge is 2.39. The fraction of sp³-hybridized carbons (Fsp3) is 0.235. The molecule has 0 saturated carbocycles. The highest BCUT2D eigenvalue weighted by Crippen LogP contribution is 2.23. The van der Waals surface area contributed by atoms with Crippen LogP contribution in [0.5, 0.6) is 0 Å². The molecule has 26 heavy (non-hydrogen) atoms. The minimum atomic E-state index is -0.906. The highest BCUT2D eigenvalue weighted by molar-refractivity contribution is 6.21. The summed E-state index contributed by atoms with van der Waals surface area (Å²) in [5.41, 5.74) is 0.349. The number of imide groups is 1. The summed E-state index contributed by atoms with van der Waals surface area (Å²) in [6.07, 6.45) is 1.43. The third-order valence-corrected chi connectivity index (χ3v) is 4.08. The Hall–Kier alpha value is -3.33. The third kappa shape index (κ3) is 2.78. The average Bonchev–Trinajstić information content (AvgIpc) is 2.94. The van der Waals surface area contributed by atoms with E-state index in [-0.39, 0.29) is 16.8 Å². The van der Waals surface area contributed by atoms with Crippen LogP contribution in [0.15, 0.2) is 36.5 Å². The molecule has 0 atom stereocenters. The number of hydroxylamine groups is 2. The van der Waals surface area contributed by atoms with Crippen molar-refractivity contribution in [3.8, 4) is 0 Å². The molecule has 1 aromatic carbocycles. The second-order valence-corrected chi connectivity index (χ2v) is 5.67. The van der Waals surface area contributed by atoms with Crippen molar-refractivity contribution >= 4 is 23.7 Å². The number of rotatable bonds is 3. The first-order chi connectivity index (χ1) is 12.6. The zero-order valence-electron chi connectivity index (χ0n) is 13.6. The van der Waals surface area contributed by atoms with Crippen molar-refractivity contribution in [3.63, 3.8) is 0 Å². The van der Waals surface area contributed by atoms with Crippen LogP contribution in [0.3, 0.4) is 0 Å². The van der Waals surface area contributed by atoms with Gasteiger partial charge in [-0.2, -0.15) is 0 Å². The summed E-state index contributed by atoms with van der Waals surface area (Å²) >= 11 is 0. The van der Waals surface area contributed by atoms with Crippen LogP contribution in [0.2, 0.25) is 0 Å². The summed E-state index contributed by atoms with van der Waals surface area (Å²) in [5.74, 6) is -1.90. The van der Waals surface area contributed by atoms with Crippen molar-refractivity contribution in [1.82, 2.24) is 15.0 Å². The lowest BCUT2D eigenvalue weighted by Gasteiger charge is -2.26. The van der Waals surface area contributed by atoms with Crippen LogP contribution in [-0.2, 0) is 9.57 Å². The van der Waals surface area contributed by atoms with E-state index in [1.165, 1.54) is 24.4 Å². The second kappa shape index (κ2) is 6.52. The molecule has 0 spiro atoms. The maximum atomic E-state index is 12.4. The molecule has 1 fully saturated rings. The van der Waals surface area contributed by atoms with Crippen LogP contribution in [0.1, 0.15) is 31.2 Å². The number of anilines is 1. The van der Waals surface area contributed by atoms with Crippen LogP contribution in [0.25, 0.3) is 0 Å². The van der Waals surface area contributed by atoms with Gasteiger partial charge in [0.2, 0.25) is 5.95 Å². The van der Waals surface area contributed by atoms with Gasteiger partial charge in [0, 0.05) is 19.3 Å². The maximum Gasteiger partial charge on any atom is 0.382 e. The first-order valence-corrected chi connectivity index (χ1v) is 8.01. The fourth-order valence-corrected chi connectivity index (χ4v) is 2.76. The Kier molecular flexibility index (Phi) is 4.05. The average molecular weight is 354 g/mol. The van der Waals surface area contributed by atoms with E-state index in [9.17, 15) is 14.4 Å². The van der Waals surface area contributed by atoms with Gasteiger partial charge in [0.05, 0.1) is 24.3 Å². The van der Waals surface area contributed by atoms with E-state index in [2.05, 4.69) is 9.97 Å². The number of aromatic nitrogens is 2. The number of nitrogens with zero attached hydrogens (tertiary/aromatic N) is 4. The molecule has 0 aliphatic carbocycles. The van der Waals surface area contributed by atoms with Gasteiger partial charge in [-0.15, -0.1) is 0 Å². The van der Waals surface area contributed by atoms with Crippen LogP contribution >= 0.6 is 0 Å². The van der Waals surface area contributed by atoms with Crippen molar-refractivity contribution in [2.24, 2.45) is 0 Å². The van der Waals surface area contributed by atoms with Gasteiger partial charge >= 0.3 is 5.97 Å². The molecule has 2 amide bonds. The maximum absolute atomic E-state index is 12.4. The first-order valence-electron chi connectivity index (χ1n) is 8.01. The molecule has 2 aliphatic rings. The van der Waals surface area contributed by atoms with Gasteiger partial charge in [-0.05, 0) is 18.2 Å². The molecule has 0 unspecified atom stereocenters. The monoisotopic (exact) mass is 354 g/mol. The predicted octanol–water partition coefficient (Wildman–Crippen LogP) is 0.681. The van der Waals surface area contributed by atoms with Gasteiger partial charge in [0.1, 0.15) is 0 Å². The first kappa shape index (κ1) is 16.2. The lowest BCUT2D eigenvalue weighted by atomic mass is 10.1. The minimum absolute atomic E-state index is 0.0435. The minimum Gasteiger partial charge on any atom is -0.378 e. The van der Waals surface area contributed by atoms with E-state index in [1.807, 2.05) is 4.90 Å². The lowest BCUT2D eigenvalue weighted by molar-refractivity contribution is -0.0588. The van der Waals surface area contributed by atoms with Crippen LogP contribution in [0.4, 0.5) is 5.95 Å². The number of hydrogen-bond acceptors (Lipinski definition) is 8. The number of ether oxygens (including phenoxy) is 1. The molecule has 132 valence electrons. The Morgan fingerprint density at radius 2 is 1.69 bits per heavy atom. The van der Waals surface area contributed by atoms with Crippen LogP contribution < -0.4 is 4.90 Å². The molecule has 2 aliphatic heterocycles. The zero-order valence-corrected chi connectivity index (χ0v) is 13.6. The molecular weight excluding hydrogens is 340 g/mol. The van der Waals surface area contributed by atoms with Gasteiger partial charge in [0.15, 0.2) is 5.69 Å². The fourth-order valence-electron chi connectivity index (χ4n) is 2.76. The Balaban J connectivity index is 1.52. The summed E-state index contributed by atoms with van der Waals surface area (Å²) in [6, 6.07) is 7.64. The quantitative estimate of drug-likeness (QED) is 0.742. The number of hydrogen-bond donors (Lipinski definition) is 0. The zero-order chi connectivity index (χ0) is 18.1. The number of carbonyl (C=O) groups excluding carboxylic acids is 3. The van der Waals surface area contributed by atoms with Crippen LogP contribution in [0, 0.1) is 0 Å². The number of morpholine rings is 1. The number of carbonyl (C=O) groups is 3. The Morgan fingerprint density at radius 3 is 2.35 bits per heavy atom. The predicted molar refractivity (Wildman–Crippen MR) is 87.4 cm³/mol. The van der Waals surface area contributed by atoms with E-state index >= 15 is 0 Å². The molecule has 3 heterocycles. The van der Waals surface area contributed by atoms with E-state index in [4.69, 9.17) is 9.57 Å². The van der Waals surface area contributed by atoms with Gasteiger partial charge in [-0.25, -0.2) is 14.8 Å². The molecular formula is C17H14N4O5. The van der Waals surface area contributed by atoms with Crippen molar-refractivity contribution in [2.75, 3.05) is 31.2 Å². The molecule has 4 rings (SSSR count). The van der Waals surface area contributed by atoms with Gasteiger partial charge < -0.3 is 14.5 Å². The molecule has 2 aromatic rings. The topological polar surface area (TPSA) is 102 Å². The van der Waals surface area contributed by atoms with E-state index < -0.39 is 17.8 Å². The third-order valence-electron chi connectivity index (χ3n) is 4.08. The van der Waals surface area contributed by atoms with Crippen molar-refractivity contribution in [2.45, 2.75) is 0 Å². The van der Waals surface area contributed by atoms with Crippen molar-refractivity contribution < 1.29 is 24.0 Å². The lowest BCUT2D eigenvalue weighted by Crippen LogP contribution is -2.37. The number of fused-ring (bicyclic) bond motifs is 1. The Morgan fingerprint density at radius 1 is 1.04 bits per heavy atom.